The standard InChI is InChI=1S/C18H21FN2O4S/c1-20-26(23,24)17-10-4-14(5-11-17)18(22)21-12-2-3-13-25-16-8-6-15(19)7-9-16/h4-11,20H,2-3,12-13H2,1H3,(H,21,22). The van der Waals surface area contributed by atoms with Gasteiger partial charge in [0.2, 0.25) is 10.0 Å². The van der Waals surface area contributed by atoms with Crippen LogP contribution in [-0.2, 0) is 10.0 Å². The molecule has 0 fully saturated rings. The van der Waals surface area contributed by atoms with Gasteiger partial charge in [0, 0.05) is 12.1 Å². The molecule has 0 saturated carbocycles. The van der Waals surface area contributed by atoms with Crippen LogP contribution in [0.4, 0.5) is 4.39 Å². The zero-order valence-electron chi connectivity index (χ0n) is 14.4. The van der Waals surface area contributed by atoms with Gasteiger partial charge < -0.3 is 10.1 Å². The van der Waals surface area contributed by atoms with Crippen LogP contribution in [0.25, 0.3) is 0 Å². The summed E-state index contributed by atoms with van der Waals surface area (Å²) in [6, 6.07) is 11.5. The van der Waals surface area contributed by atoms with E-state index in [9.17, 15) is 17.6 Å². The van der Waals surface area contributed by atoms with Crippen LogP contribution < -0.4 is 14.8 Å². The SMILES string of the molecule is CNS(=O)(=O)c1ccc(C(=O)NCCCCOc2ccc(F)cc2)cc1. The van der Waals surface area contributed by atoms with E-state index < -0.39 is 10.0 Å². The van der Waals surface area contributed by atoms with Gasteiger partial charge in [0.1, 0.15) is 11.6 Å². The van der Waals surface area contributed by atoms with Gasteiger partial charge in [0.25, 0.3) is 5.91 Å². The van der Waals surface area contributed by atoms with E-state index in [2.05, 4.69) is 10.0 Å². The van der Waals surface area contributed by atoms with E-state index in [1.807, 2.05) is 0 Å². The topological polar surface area (TPSA) is 84.5 Å². The molecule has 0 aliphatic rings. The molecule has 0 radical (unpaired) electrons. The van der Waals surface area contributed by atoms with Gasteiger partial charge in [-0.05, 0) is 68.4 Å². The number of amides is 1. The van der Waals surface area contributed by atoms with E-state index in [1.165, 1.54) is 43.4 Å². The summed E-state index contributed by atoms with van der Waals surface area (Å²) in [5.41, 5.74) is 0.391. The van der Waals surface area contributed by atoms with Crippen LogP contribution in [0.5, 0.6) is 5.75 Å². The molecule has 6 nitrogen and oxygen atoms in total. The zero-order chi connectivity index (χ0) is 19.0. The molecule has 140 valence electrons. The number of rotatable bonds is 9. The third-order valence-corrected chi connectivity index (χ3v) is 5.06. The van der Waals surface area contributed by atoms with E-state index in [4.69, 9.17) is 4.74 Å². The fraction of sp³-hybridized carbons (Fsp3) is 0.278. The molecule has 0 aliphatic heterocycles. The molecule has 0 unspecified atom stereocenters. The molecular weight excluding hydrogens is 359 g/mol. The Morgan fingerprint density at radius 3 is 2.31 bits per heavy atom. The van der Waals surface area contributed by atoms with Crippen molar-refractivity contribution in [1.29, 1.82) is 0 Å². The van der Waals surface area contributed by atoms with Crippen LogP contribution in [0.3, 0.4) is 0 Å². The largest absolute Gasteiger partial charge is 0.494 e. The third-order valence-electron chi connectivity index (χ3n) is 3.63. The number of carbonyl (C=O) groups excluding carboxylic acids is 1. The van der Waals surface area contributed by atoms with Crippen LogP contribution >= 0.6 is 0 Å². The smallest absolute Gasteiger partial charge is 0.251 e. The Hall–Kier alpha value is -2.45. The normalized spacial score (nSPS) is 11.2. The average Bonchev–Trinajstić information content (AvgIpc) is 2.66. The van der Waals surface area contributed by atoms with E-state index in [1.54, 1.807) is 12.1 Å². The molecule has 0 atom stereocenters. The predicted molar refractivity (Wildman–Crippen MR) is 96.1 cm³/mol. The number of unbranched alkanes of at least 4 members (excludes halogenated alkanes) is 1. The fourth-order valence-electron chi connectivity index (χ4n) is 2.16. The molecule has 2 rings (SSSR count). The Bertz CT molecular complexity index is 821. The first kappa shape index (κ1) is 19.9. The van der Waals surface area contributed by atoms with Crippen molar-refractivity contribution in [2.45, 2.75) is 17.7 Å². The summed E-state index contributed by atoms with van der Waals surface area (Å²) >= 11 is 0. The molecule has 1 amide bonds. The second-order valence-corrected chi connectivity index (χ2v) is 7.38. The maximum Gasteiger partial charge on any atom is 0.251 e. The maximum absolute atomic E-state index is 12.8. The number of sulfonamides is 1. The molecule has 0 heterocycles. The minimum absolute atomic E-state index is 0.106. The molecule has 2 aromatic rings. The van der Waals surface area contributed by atoms with Crippen LogP contribution in [0, 0.1) is 5.82 Å². The van der Waals surface area contributed by atoms with E-state index >= 15 is 0 Å². The minimum atomic E-state index is -3.51. The highest BCUT2D eigenvalue weighted by Crippen LogP contribution is 2.12. The summed E-state index contributed by atoms with van der Waals surface area (Å²) in [5.74, 6) is 0.0292. The van der Waals surface area contributed by atoms with Crippen molar-refractivity contribution in [3.05, 3.63) is 59.9 Å². The van der Waals surface area contributed by atoms with Crippen molar-refractivity contribution >= 4 is 15.9 Å². The van der Waals surface area contributed by atoms with Gasteiger partial charge in [-0.25, -0.2) is 17.5 Å². The highest BCUT2D eigenvalue weighted by Gasteiger charge is 2.12. The summed E-state index contributed by atoms with van der Waals surface area (Å²) in [7, 11) is -2.18. The van der Waals surface area contributed by atoms with Crippen molar-refractivity contribution in [1.82, 2.24) is 10.0 Å². The number of nitrogens with one attached hydrogen (secondary N) is 2. The van der Waals surface area contributed by atoms with Crippen molar-refractivity contribution in [3.8, 4) is 5.75 Å². The van der Waals surface area contributed by atoms with Crippen LogP contribution in [0.2, 0.25) is 0 Å². The summed E-state index contributed by atoms with van der Waals surface area (Å²) in [5, 5.41) is 2.77. The Morgan fingerprint density at radius 2 is 1.69 bits per heavy atom. The number of hydrogen-bond donors (Lipinski definition) is 2. The van der Waals surface area contributed by atoms with Gasteiger partial charge in [-0.15, -0.1) is 0 Å². The predicted octanol–water partition coefficient (Wildman–Crippen LogP) is 2.32. The lowest BCUT2D eigenvalue weighted by Gasteiger charge is -2.08. The maximum atomic E-state index is 12.8. The average molecular weight is 380 g/mol. The van der Waals surface area contributed by atoms with Gasteiger partial charge in [0.15, 0.2) is 0 Å². The van der Waals surface area contributed by atoms with Crippen molar-refractivity contribution in [2.75, 3.05) is 20.2 Å². The van der Waals surface area contributed by atoms with Gasteiger partial charge in [-0.2, -0.15) is 0 Å². The van der Waals surface area contributed by atoms with Gasteiger partial charge in [0.05, 0.1) is 11.5 Å². The first-order valence-corrected chi connectivity index (χ1v) is 9.61. The lowest BCUT2D eigenvalue weighted by Crippen LogP contribution is -2.25. The van der Waals surface area contributed by atoms with Crippen molar-refractivity contribution < 1.29 is 22.3 Å². The first-order valence-electron chi connectivity index (χ1n) is 8.12. The van der Waals surface area contributed by atoms with Crippen molar-refractivity contribution in [3.63, 3.8) is 0 Å². The fourth-order valence-corrected chi connectivity index (χ4v) is 2.89. The van der Waals surface area contributed by atoms with Crippen LogP contribution in [0.15, 0.2) is 53.4 Å². The summed E-state index contributed by atoms with van der Waals surface area (Å²) < 4.78 is 43.7. The highest BCUT2D eigenvalue weighted by atomic mass is 32.2. The first-order chi connectivity index (χ1) is 12.4. The third kappa shape index (κ3) is 5.82. The molecule has 0 saturated heterocycles. The summed E-state index contributed by atoms with van der Waals surface area (Å²) in [6.45, 7) is 0.945. The molecular formula is C18H21FN2O4S. The Kier molecular flexibility index (Phi) is 7.11. The second kappa shape index (κ2) is 9.30. The highest BCUT2D eigenvalue weighted by molar-refractivity contribution is 7.89. The molecule has 26 heavy (non-hydrogen) atoms. The van der Waals surface area contributed by atoms with Gasteiger partial charge in [-0.3, -0.25) is 4.79 Å². The quantitative estimate of drug-likeness (QED) is 0.654. The van der Waals surface area contributed by atoms with Gasteiger partial charge >= 0.3 is 0 Å². The van der Waals surface area contributed by atoms with E-state index in [0.29, 0.717) is 24.5 Å². The number of halogens is 1. The Morgan fingerprint density at radius 1 is 1.04 bits per heavy atom. The number of ether oxygens (including phenoxy) is 1. The van der Waals surface area contributed by atoms with Gasteiger partial charge in [-0.1, -0.05) is 0 Å². The van der Waals surface area contributed by atoms with Crippen molar-refractivity contribution in [2.24, 2.45) is 0 Å². The summed E-state index contributed by atoms with van der Waals surface area (Å²) in [6.07, 6.45) is 1.45. The number of benzene rings is 2. The Labute approximate surface area is 152 Å². The van der Waals surface area contributed by atoms with E-state index in [-0.39, 0.29) is 16.6 Å². The monoisotopic (exact) mass is 380 g/mol. The second-order valence-electron chi connectivity index (χ2n) is 5.50. The molecule has 2 aromatic carbocycles. The number of hydrogen-bond acceptors (Lipinski definition) is 4. The zero-order valence-corrected chi connectivity index (χ0v) is 15.2. The molecule has 2 N–H and O–H groups in total. The summed E-state index contributed by atoms with van der Waals surface area (Å²) in [4.78, 5) is 12.1. The molecule has 0 spiro atoms. The molecule has 0 aromatic heterocycles. The minimum Gasteiger partial charge on any atom is -0.494 e. The molecule has 0 bridgehead atoms. The van der Waals surface area contributed by atoms with E-state index in [0.717, 1.165) is 12.8 Å². The Balaban J connectivity index is 1.69. The molecule has 8 heteroatoms. The molecule has 0 aliphatic carbocycles. The van der Waals surface area contributed by atoms with Crippen LogP contribution in [-0.4, -0.2) is 34.5 Å². The lowest BCUT2D eigenvalue weighted by molar-refractivity contribution is 0.0952. The van der Waals surface area contributed by atoms with Crippen LogP contribution in [0.1, 0.15) is 23.2 Å². The lowest BCUT2D eigenvalue weighted by atomic mass is 10.2. The number of carbonyl (C=O) groups is 1.